The number of nitrogens with zero attached hydrogens (tertiary/aromatic N) is 2. The fraction of sp³-hybridized carbons (Fsp3) is 0.591. The quantitative estimate of drug-likeness (QED) is 0.785. The Labute approximate surface area is 171 Å². The van der Waals surface area contributed by atoms with Crippen LogP contribution < -0.4 is 5.73 Å². The number of hydrogen-bond donors (Lipinski definition) is 1. The van der Waals surface area contributed by atoms with E-state index in [9.17, 15) is 9.59 Å². The summed E-state index contributed by atoms with van der Waals surface area (Å²) in [6.45, 7) is 5.51. The van der Waals surface area contributed by atoms with Crippen molar-refractivity contribution in [3.05, 3.63) is 30.1 Å². The summed E-state index contributed by atoms with van der Waals surface area (Å²) in [4.78, 5) is 30.9. The first-order valence-electron chi connectivity index (χ1n) is 10.5. The maximum atomic E-state index is 12.5. The number of nitrogens with two attached hydrogens (primary N) is 1. The molecule has 1 amide bonds. The number of anilines is 1. The van der Waals surface area contributed by atoms with Crippen molar-refractivity contribution >= 4 is 23.8 Å². The predicted molar refractivity (Wildman–Crippen MR) is 109 cm³/mol. The number of ether oxygens (including phenoxy) is 2. The van der Waals surface area contributed by atoms with Gasteiger partial charge in [-0.1, -0.05) is 6.08 Å². The number of nitrogen functional groups attached to an aromatic ring is 1. The highest BCUT2D eigenvalue weighted by Gasteiger charge is 2.54. The number of cyclic esters (lactones) is 1. The monoisotopic (exact) mass is 399 g/mol. The van der Waals surface area contributed by atoms with E-state index < -0.39 is 0 Å². The van der Waals surface area contributed by atoms with Gasteiger partial charge in [-0.3, -0.25) is 9.78 Å². The summed E-state index contributed by atoms with van der Waals surface area (Å²) in [5, 5.41) is 0. The number of fused-ring (bicyclic) bond motifs is 2. The third kappa shape index (κ3) is 3.82. The Bertz CT molecular complexity index is 794. The fourth-order valence-electron chi connectivity index (χ4n) is 5.46. The van der Waals surface area contributed by atoms with Gasteiger partial charge in [0.05, 0.1) is 30.1 Å². The van der Waals surface area contributed by atoms with Gasteiger partial charge in [0.15, 0.2) is 0 Å². The van der Waals surface area contributed by atoms with Crippen LogP contribution in [0.15, 0.2) is 24.4 Å². The number of hydrogen-bond acceptors (Lipinski definition) is 6. The van der Waals surface area contributed by atoms with E-state index in [1.54, 1.807) is 11.1 Å². The molecule has 3 heterocycles. The summed E-state index contributed by atoms with van der Waals surface area (Å²) in [7, 11) is 0. The van der Waals surface area contributed by atoms with Crippen molar-refractivity contribution in [2.45, 2.75) is 32.8 Å². The van der Waals surface area contributed by atoms with E-state index in [1.165, 1.54) is 0 Å². The number of piperidine rings is 1. The molecule has 1 aromatic heterocycles. The predicted octanol–water partition coefficient (Wildman–Crippen LogP) is 2.97. The Hall–Kier alpha value is -2.57. The summed E-state index contributed by atoms with van der Waals surface area (Å²) < 4.78 is 10.8. The third-order valence-corrected chi connectivity index (χ3v) is 6.72. The van der Waals surface area contributed by atoms with Crippen LogP contribution in [0, 0.1) is 29.6 Å². The lowest BCUT2D eigenvalue weighted by molar-refractivity contribution is -0.144. The average Bonchev–Trinajstić information content (AvgIpc) is 2.99. The maximum absolute atomic E-state index is 12.5. The SMILES string of the molecule is CCOC(=O)N1CCC2C(CC3C(=O)OC(C)C3C2/C=C/c2ccc(N)cn2)C1. The number of amides is 1. The number of rotatable bonds is 3. The van der Waals surface area contributed by atoms with Crippen molar-refractivity contribution < 1.29 is 19.1 Å². The molecule has 7 nitrogen and oxygen atoms in total. The van der Waals surface area contributed by atoms with Gasteiger partial charge >= 0.3 is 12.1 Å². The van der Waals surface area contributed by atoms with E-state index in [0.717, 1.165) is 18.5 Å². The molecule has 1 aromatic rings. The fourth-order valence-corrected chi connectivity index (χ4v) is 5.46. The Morgan fingerprint density at radius 3 is 3.00 bits per heavy atom. The highest BCUT2D eigenvalue weighted by molar-refractivity contribution is 5.76. The minimum Gasteiger partial charge on any atom is -0.462 e. The van der Waals surface area contributed by atoms with Crippen LogP contribution in [0.2, 0.25) is 0 Å². The molecule has 0 aromatic carbocycles. The lowest BCUT2D eigenvalue weighted by Gasteiger charge is -2.48. The van der Waals surface area contributed by atoms with E-state index in [4.69, 9.17) is 15.2 Å². The van der Waals surface area contributed by atoms with Crippen LogP contribution in [-0.4, -0.2) is 47.7 Å². The molecule has 2 aliphatic heterocycles. The molecule has 1 aliphatic carbocycles. The van der Waals surface area contributed by atoms with Crippen LogP contribution in [0.5, 0.6) is 0 Å². The molecule has 3 fully saturated rings. The van der Waals surface area contributed by atoms with Crippen LogP contribution in [0.1, 0.15) is 32.4 Å². The number of esters is 1. The summed E-state index contributed by atoms with van der Waals surface area (Å²) >= 11 is 0. The average molecular weight is 399 g/mol. The molecule has 7 heteroatoms. The number of allylic oxidation sites excluding steroid dienone is 1. The number of aromatic nitrogens is 1. The van der Waals surface area contributed by atoms with Crippen LogP contribution in [0.25, 0.3) is 6.08 Å². The van der Waals surface area contributed by atoms with Gasteiger partial charge in [-0.15, -0.1) is 0 Å². The van der Waals surface area contributed by atoms with E-state index in [2.05, 4.69) is 11.1 Å². The molecule has 29 heavy (non-hydrogen) atoms. The van der Waals surface area contributed by atoms with E-state index in [0.29, 0.717) is 31.3 Å². The van der Waals surface area contributed by atoms with Crippen LogP contribution >= 0.6 is 0 Å². The van der Waals surface area contributed by atoms with Gasteiger partial charge in [-0.25, -0.2) is 4.79 Å². The second kappa shape index (κ2) is 8.05. The van der Waals surface area contributed by atoms with Gasteiger partial charge in [0.2, 0.25) is 0 Å². The molecule has 6 atom stereocenters. The van der Waals surface area contributed by atoms with Crippen LogP contribution in [-0.2, 0) is 14.3 Å². The van der Waals surface area contributed by atoms with Crippen LogP contribution in [0.3, 0.4) is 0 Å². The molecular weight excluding hydrogens is 370 g/mol. The molecule has 2 saturated heterocycles. The lowest BCUT2D eigenvalue weighted by Crippen LogP contribution is -2.51. The Kier molecular flexibility index (Phi) is 5.48. The lowest BCUT2D eigenvalue weighted by atomic mass is 9.59. The summed E-state index contributed by atoms with van der Waals surface area (Å²) in [6.07, 6.45) is 7.20. The van der Waals surface area contributed by atoms with Crippen molar-refractivity contribution in [3.8, 4) is 0 Å². The topological polar surface area (TPSA) is 94.8 Å². The molecule has 0 bridgehead atoms. The molecule has 1 saturated carbocycles. The molecule has 3 aliphatic rings. The summed E-state index contributed by atoms with van der Waals surface area (Å²) in [5.41, 5.74) is 7.21. The van der Waals surface area contributed by atoms with Crippen molar-refractivity contribution in [1.82, 2.24) is 9.88 Å². The van der Waals surface area contributed by atoms with Crippen LogP contribution in [0.4, 0.5) is 10.5 Å². The minimum absolute atomic E-state index is 0.0921. The number of carbonyl (C=O) groups excluding carboxylic acids is 2. The summed E-state index contributed by atoms with van der Waals surface area (Å²) in [6, 6.07) is 3.73. The number of likely N-dealkylation sites (tertiary alicyclic amines) is 1. The highest BCUT2D eigenvalue weighted by atomic mass is 16.6. The standard InChI is InChI=1S/C22H29N3O4/c1-3-28-22(27)25-9-8-17-14(12-25)10-19-20(13(2)29-21(19)26)18(17)7-6-16-5-4-15(23)11-24-16/h4-7,11,13-14,17-20H,3,8-10,12,23H2,1-2H3/b7-6+. The van der Waals surface area contributed by atoms with Gasteiger partial charge in [-0.2, -0.15) is 0 Å². The van der Waals surface area contributed by atoms with E-state index in [-0.39, 0.29) is 41.8 Å². The molecule has 4 rings (SSSR count). The van der Waals surface area contributed by atoms with Crippen molar-refractivity contribution in [1.29, 1.82) is 0 Å². The van der Waals surface area contributed by atoms with Gasteiger partial charge in [0, 0.05) is 19.0 Å². The van der Waals surface area contributed by atoms with E-state index >= 15 is 0 Å². The zero-order chi connectivity index (χ0) is 20.5. The zero-order valence-electron chi connectivity index (χ0n) is 17.0. The maximum Gasteiger partial charge on any atom is 0.409 e. The van der Waals surface area contributed by atoms with Gasteiger partial charge in [0.25, 0.3) is 0 Å². The number of pyridine rings is 1. The first-order chi connectivity index (χ1) is 14.0. The second-order valence-electron chi connectivity index (χ2n) is 8.37. The highest BCUT2D eigenvalue weighted by Crippen LogP contribution is 2.51. The third-order valence-electron chi connectivity index (χ3n) is 6.72. The largest absolute Gasteiger partial charge is 0.462 e. The molecular formula is C22H29N3O4. The normalized spacial score (nSPS) is 33.9. The Morgan fingerprint density at radius 2 is 2.28 bits per heavy atom. The molecule has 156 valence electrons. The van der Waals surface area contributed by atoms with Crippen molar-refractivity contribution in [2.75, 3.05) is 25.4 Å². The Balaban J connectivity index is 1.58. The first-order valence-corrected chi connectivity index (χ1v) is 10.5. The zero-order valence-corrected chi connectivity index (χ0v) is 17.0. The van der Waals surface area contributed by atoms with Gasteiger partial charge in [-0.05, 0) is 62.7 Å². The van der Waals surface area contributed by atoms with Gasteiger partial charge in [0.1, 0.15) is 6.10 Å². The molecule has 0 radical (unpaired) electrons. The van der Waals surface area contributed by atoms with Gasteiger partial charge < -0.3 is 20.1 Å². The van der Waals surface area contributed by atoms with Crippen molar-refractivity contribution in [3.63, 3.8) is 0 Å². The number of carbonyl (C=O) groups is 2. The Morgan fingerprint density at radius 1 is 1.45 bits per heavy atom. The molecule has 6 unspecified atom stereocenters. The molecule has 2 N–H and O–H groups in total. The molecule has 0 spiro atoms. The first kappa shape index (κ1) is 19.7. The second-order valence-corrected chi connectivity index (χ2v) is 8.37. The minimum atomic E-state index is -0.256. The smallest absolute Gasteiger partial charge is 0.409 e. The van der Waals surface area contributed by atoms with E-state index in [1.807, 2.05) is 32.1 Å². The van der Waals surface area contributed by atoms with Crippen molar-refractivity contribution in [2.24, 2.45) is 29.6 Å². The summed E-state index contributed by atoms with van der Waals surface area (Å²) in [5.74, 6) is 0.845.